The number of hydrogen-bond acceptors (Lipinski definition) is 5. The lowest BCUT2D eigenvalue weighted by molar-refractivity contribution is 0.166. The molecule has 0 unspecified atom stereocenters. The molecule has 0 fully saturated rings. The smallest absolute Gasteiger partial charge is 0.491 e. The summed E-state index contributed by atoms with van der Waals surface area (Å²) in [6.07, 6.45) is 2.39. The van der Waals surface area contributed by atoms with Crippen LogP contribution < -0.4 is 4.74 Å². The monoisotopic (exact) mass is 304 g/mol. The summed E-state index contributed by atoms with van der Waals surface area (Å²) in [6.45, 7) is 4.51. The molecule has 0 aliphatic carbocycles. The summed E-state index contributed by atoms with van der Waals surface area (Å²) in [4.78, 5) is 0. The van der Waals surface area contributed by atoms with Gasteiger partial charge in [0.15, 0.2) is 0 Å². The highest BCUT2D eigenvalue weighted by Gasteiger charge is 2.30. The summed E-state index contributed by atoms with van der Waals surface area (Å²) in [5.41, 5.74) is 2.37. The maximum atomic E-state index is 10.1. The second-order valence-corrected chi connectivity index (χ2v) is 5.05. The number of aliphatic hydroxyl groups is 1. The Bertz CT molecular complexity index is 526. The molecule has 1 aliphatic heterocycles. The molecule has 6 heteroatoms. The van der Waals surface area contributed by atoms with E-state index < -0.39 is 7.12 Å². The van der Waals surface area contributed by atoms with Gasteiger partial charge in [-0.2, -0.15) is 0 Å². The number of hydrogen-bond donors (Lipinski definition) is 2. The van der Waals surface area contributed by atoms with Gasteiger partial charge < -0.3 is 24.3 Å². The molecule has 0 radical (unpaired) electrons. The molecule has 1 aromatic rings. The van der Waals surface area contributed by atoms with E-state index in [1.807, 2.05) is 30.3 Å². The van der Waals surface area contributed by atoms with Crippen molar-refractivity contribution in [2.24, 2.45) is 0 Å². The average molecular weight is 304 g/mol. The van der Waals surface area contributed by atoms with E-state index in [0.29, 0.717) is 24.2 Å². The van der Waals surface area contributed by atoms with Crippen molar-refractivity contribution in [3.63, 3.8) is 0 Å². The van der Waals surface area contributed by atoms with Crippen molar-refractivity contribution in [1.82, 2.24) is 0 Å². The van der Waals surface area contributed by atoms with Crippen molar-refractivity contribution in [1.29, 1.82) is 0 Å². The predicted octanol–water partition coefficient (Wildman–Crippen LogP) is 1.67. The minimum absolute atomic E-state index is 0.0153. The SMILES string of the molecule is C=C(COC)C1=CC[C@@H](c2ccc(OCCO)cc2)OB1O. The molecule has 118 valence electrons. The molecule has 0 saturated heterocycles. The van der Waals surface area contributed by atoms with Crippen LogP contribution in [-0.4, -0.2) is 44.2 Å². The van der Waals surface area contributed by atoms with E-state index in [1.54, 1.807) is 7.11 Å². The number of ether oxygens (including phenoxy) is 2. The Hall–Kier alpha value is -1.60. The van der Waals surface area contributed by atoms with Gasteiger partial charge in [0.05, 0.1) is 19.3 Å². The lowest BCUT2D eigenvalue weighted by atomic mass is 9.71. The molecule has 2 N–H and O–H groups in total. The molecule has 1 aromatic carbocycles. The molecular weight excluding hydrogens is 283 g/mol. The molecule has 0 amide bonds. The topological polar surface area (TPSA) is 68.2 Å². The largest absolute Gasteiger partial charge is 0.491 e. The fraction of sp³-hybridized carbons (Fsp3) is 0.375. The normalized spacial score (nSPS) is 18.0. The van der Waals surface area contributed by atoms with Crippen LogP contribution in [-0.2, 0) is 9.39 Å². The molecule has 5 nitrogen and oxygen atoms in total. The highest BCUT2D eigenvalue weighted by Crippen LogP contribution is 2.31. The van der Waals surface area contributed by atoms with Crippen LogP contribution in [0.1, 0.15) is 18.1 Å². The fourth-order valence-corrected chi connectivity index (χ4v) is 2.35. The van der Waals surface area contributed by atoms with E-state index in [4.69, 9.17) is 19.2 Å². The molecule has 0 bridgehead atoms. The van der Waals surface area contributed by atoms with Gasteiger partial charge in [0.1, 0.15) is 12.4 Å². The Labute approximate surface area is 131 Å². The number of aliphatic hydroxyl groups excluding tert-OH is 1. The summed E-state index contributed by atoms with van der Waals surface area (Å²) in [7, 11) is 0.595. The summed E-state index contributed by atoms with van der Waals surface area (Å²) < 4.78 is 16.0. The second-order valence-electron chi connectivity index (χ2n) is 5.05. The molecule has 1 heterocycles. The highest BCUT2D eigenvalue weighted by molar-refractivity contribution is 6.54. The van der Waals surface area contributed by atoms with E-state index in [-0.39, 0.29) is 19.3 Å². The van der Waals surface area contributed by atoms with Crippen molar-refractivity contribution < 1.29 is 24.3 Å². The standard InChI is InChI=1S/C16H21BO5/c1-12(11-20-2)15-7-8-16(22-17(15)19)13-3-5-14(6-4-13)21-10-9-18/h3-7,16,18-19H,1,8-11H2,2H3/t16-/m0/s1. The van der Waals surface area contributed by atoms with Gasteiger partial charge in [0.25, 0.3) is 0 Å². The lowest BCUT2D eigenvalue weighted by Gasteiger charge is -2.26. The Kier molecular flexibility index (Phi) is 6.21. The van der Waals surface area contributed by atoms with Gasteiger partial charge in [-0.25, -0.2) is 0 Å². The zero-order valence-electron chi connectivity index (χ0n) is 12.7. The number of methoxy groups -OCH3 is 1. The highest BCUT2D eigenvalue weighted by atomic mass is 16.5. The zero-order valence-corrected chi connectivity index (χ0v) is 12.7. The lowest BCUT2D eigenvalue weighted by Crippen LogP contribution is -2.29. The third-order valence-corrected chi connectivity index (χ3v) is 3.45. The van der Waals surface area contributed by atoms with Gasteiger partial charge in [-0.15, -0.1) is 0 Å². The third kappa shape index (κ3) is 4.21. The second kappa shape index (κ2) is 8.15. The minimum atomic E-state index is -0.994. The first-order valence-corrected chi connectivity index (χ1v) is 7.20. The van der Waals surface area contributed by atoms with Gasteiger partial charge in [-0.3, -0.25) is 0 Å². The first-order chi connectivity index (χ1) is 10.7. The van der Waals surface area contributed by atoms with Gasteiger partial charge >= 0.3 is 7.12 Å². The van der Waals surface area contributed by atoms with Crippen molar-refractivity contribution in [2.45, 2.75) is 12.5 Å². The van der Waals surface area contributed by atoms with Crippen LogP contribution in [0.2, 0.25) is 0 Å². The number of benzene rings is 1. The molecule has 0 spiro atoms. The molecule has 2 rings (SSSR count). The maximum Gasteiger partial charge on any atom is 0.491 e. The maximum absolute atomic E-state index is 10.1. The van der Waals surface area contributed by atoms with Crippen molar-refractivity contribution in [2.75, 3.05) is 26.9 Å². The molecule has 0 saturated carbocycles. The van der Waals surface area contributed by atoms with Gasteiger partial charge in [-0.1, -0.05) is 24.8 Å². The summed E-state index contributed by atoms with van der Waals surface area (Å²) in [5, 5.41) is 18.8. The van der Waals surface area contributed by atoms with Crippen LogP contribution in [0.5, 0.6) is 5.75 Å². The summed E-state index contributed by atoms with van der Waals surface area (Å²) in [5.74, 6) is 0.693. The first-order valence-electron chi connectivity index (χ1n) is 7.20. The summed E-state index contributed by atoms with van der Waals surface area (Å²) >= 11 is 0. The van der Waals surface area contributed by atoms with Crippen LogP contribution >= 0.6 is 0 Å². The minimum Gasteiger partial charge on any atom is -0.491 e. The van der Waals surface area contributed by atoms with Gasteiger partial charge in [0.2, 0.25) is 0 Å². The van der Waals surface area contributed by atoms with Crippen LogP contribution in [0.15, 0.2) is 48.0 Å². The predicted molar refractivity (Wildman–Crippen MR) is 84.5 cm³/mol. The Morgan fingerprint density at radius 1 is 1.41 bits per heavy atom. The quantitative estimate of drug-likeness (QED) is 0.750. The van der Waals surface area contributed by atoms with E-state index in [2.05, 4.69) is 6.58 Å². The van der Waals surface area contributed by atoms with Gasteiger partial charge in [-0.05, 0) is 35.2 Å². The summed E-state index contributed by atoms with van der Waals surface area (Å²) in [6, 6.07) is 7.44. The van der Waals surface area contributed by atoms with Crippen molar-refractivity contribution >= 4 is 7.12 Å². The van der Waals surface area contributed by atoms with E-state index in [1.165, 1.54) is 0 Å². The van der Waals surface area contributed by atoms with Gasteiger partial charge in [0, 0.05) is 7.11 Å². The van der Waals surface area contributed by atoms with E-state index >= 15 is 0 Å². The molecule has 22 heavy (non-hydrogen) atoms. The fourth-order valence-electron chi connectivity index (χ4n) is 2.35. The van der Waals surface area contributed by atoms with Crippen LogP contribution in [0.4, 0.5) is 0 Å². The Morgan fingerprint density at radius 2 is 2.14 bits per heavy atom. The van der Waals surface area contributed by atoms with Crippen LogP contribution in [0.3, 0.4) is 0 Å². The molecule has 1 aliphatic rings. The number of rotatable bonds is 7. The molecule has 0 aromatic heterocycles. The van der Waals surface area contributed by atoms with Crippen LogP contribution in [0, 0.1) is 0 Å². The van der Waals surface area contributed by atoms with Crippen molar-refractivity contribution in [3.8, 4) is 5.75 Å². The Morgan fingerprint density at radius 3 is 2.73 bits per heavy atom. The third-order valence-electron chi connectivity index (χ3n) is 3.45. The molecule has 1 atom stereocenters. The Balaban J connectivity index is 2.01. The van der Waals surface area contributed by atoms with Crippen LogP contribution in [0.25, 0.3) is 0 Å². The first kappa shape index (κ1) is 16.8. The van der Waals surface area contributed by atoms with E-state index in [9.17, 15) is 5.02 Å². The van der Waals surface area contributed by atoms with Crippen molar-refractivity contribution in [3.05, 3.63) is 53.5 Å². The molecular formula is C16H21BO5. The average Bonchev–Trinajstić information content (AvgIpc) is 2.53. The van der Waals surface area contributed by atoms with E-state index in [0.717, 1.165) is 11.1 Å². The zero-order chi connectivity index (χ0) is 15.9.